The first-order chi connectivity index (χ1) is 6.81. The van der Waals surface area contributed by atoms with Gasteiger partial charge in [-0.15, -0.1) is 0 Å². The van der Waals surface area contributed by atoms with Crippen LogP contribution in [0, 0.1) is 5.92 Å². The van der Waals surface area contributed by atoms with Gasteiger partial charge in [-0.25, -0.2) is 0 Å². The quantitative estimate of drug-likeness (QED) is 0.784. The van der Waals surface area contributed by atoms with Crippen LogP contribution in [0.15, 0.2) is 0 Å². The van der Waals surface area contributed by atoms with Crippen molar-refractivity contribution in [3.8, 4) is 5.75 Å². The zero-order valence-corrected chi connectivity index (χ0v) is 9.06. The van der Waals surface area contributed by atoms with Crippen molar-refractivity contribution < 1.29 is 4.74 Å². The van der Waals surface area contributed by atoms with Crippen LogP contribution in [0.1, 0.15) is 19.3 Å². The summed E-state index contributed by atoms with van der Waals surface area (Å²) in [6.07, 6.45) is 4.02. The summed E-state index contributed by atoms with van der Waals surface area (Å²) in [5, 5.41) is 4.26. The summed E-state index contributed by atoms with van der Waals surface area (Å²) in [6.45, 7) is 0.989. The van der Waals surface area contributed by atoms with E-state index in [1.165, 1.54) is 30.8 Å². The number of ether oxygens (including phenoxy) is 1. The van der Waals surface area contributed by atoms with Crippen molar-refractivity contribution in [2.45, 2.75) is 19.3 Å². The van der Waals surface area contributed by atoms with Crippen molar-refractivity contribution >= 4 is 22.4 Å². The van der Waals surface area contributed by atoms with Gasteiger partial charge in [0.2, 0.25) is 0 Å². The first-order valence-electron chi connectivity index (χ1n) is 4.84. The molecule has 1 heterocycles. The number of anilines is 2. The molecule has 5 heteroatoms. The number of nitrogen functional groups attached to an aromatic ring is 1. The van der Waals surface area contributed by atoms with Crippen LogP contribution in [-0.2, 0) is 0 Å². The Morgan fingerprint density at radius 3 is 3.07 bits per heavy atom. The number of nitrogens with one attached hydrogen (secondary N) is 1. The van der Waals surface area contributed by atoms with Gasteiger partial charge >= 0.3 is 0 Å². The van der Waals surface area contributed by atoms with Crippen LogP contribution in [0.25, 0.3) is 0 Å². The van der Waals surface area contributed by atoms with Gasteiger partial charge in [0.15, 0.2) is 16.6 Å². The lowest BCUT2D eigenvalue weighted by atomic mass is 10.3. The van der Waals surface area contributed by atoms with E-state index in [-0.39, 0.29) is 0 Å². The SMILES string of the molecule is COc1c(N)nsc1NCCC1CC1. The van der Waals surface area contributed by atoms with Crippen molar-refractivity contribution in [3.63, 3.8) is 0 Å². The Morgan fingerprint density at radius 1 is 1.64 bits per heavy atom. The topological polar surface area (TPSA) is 60.2 Å². The molecule has 78 valence electrons. The van der Waals surface area contributed by atoms with Gasteiger partial charge in [0, 0.05) is 6.54 Å². The van der Waals surface area contributed by atoms with E-state index in [9.17, 15) is 0 Å². The predicted molar refractivity (Wildman–Crippen MR) is 58.9 cm³/mol. The Bertz CT molecular complexity index is 309. The Labute approximate surface area is 87.6 Å². The second-order valence-electron chi connectivity index (χ2n) is 3.59. The second kappa shape index (κ2) is 4.04. The van der Waals surface area contributed by atoms with Crippen LogP contribution in [-0.4, -0.2) is 18.0 Å². The third-order valence-corrected chi connectivity index (χ3v) is 3.21. The lowest BCUT2D eigenvalue weighted by Gasteiger charge is -2.04. The first kappa shape index (κ1) is 9.58. The maximum Gasteiger partial charge on any atom is 0.197 e. The van der Waals surface area contributed by atoms with Gasteiger partial charge in [-0.05, 0) is 23.9 Å². The third kappa shape index (κ3) is 2.09. The summed E-state index contributed by atoms with van der Waals surface area (Å²) in [7, 11) is 1.62. The normalized spacial score (nSPS) is 15.5. The molecule has 1 aromatic heterocycles. The summed E-state index contributed by atoms with van der Waals surface area (Å²) in [6, 6.07) is 0. The minimum atomic E-state index is 0.478. The van der Waals surface area contributed by atoms with E-state index >= 15 is 0 Å². The number of hydrogen-bond acceptors (Lipinski definition) is 5. The smallest absolute Gasteiger partial charge is 0.197 e. The van der Waals surface area contributed by atoms with Crippen LogP contribution in [0.5, 0.6) is 5.75 Å². The monoisotopic (exact) mass is 213 g/mol. The van der Waals surface area contributed by atoms with Gasteiger partial charge in [0.05, 0.1) is 7.11 Å². The molecule has 4 nitrogen and oxygen atoms in total. The van der Waals surface area contributed by atoms with Gasteiger partial charge in [0.1, 0.15) is 0 Å². The molecule has 0 aliphatic heterocycles. The highest BCUT2D eigenvalue weighted by atomic mass is 32.1. The Kier molecular flexibility index (Phi) is 2.77. The Hall–Kier alpha value is -0.970. The first-order valence-corrected chi connectivity index (χ1v) is 5.61. The highest BCUT2D eigenvalue weighted by Gasteiger charge is 2.20. The summed E-state index contributed by atoms with van der Waals surface area (Å²) in [5.41, 5.74) is 5.63. The molecule has 0 bridgehead atoms. The fourth-order valence-corrected chi connectivity index (χ4v) is 2.11. The number of nitrogens with two attached hydrogens (primary N) is 1. The van der Waals surface area contributed by atoms with E-state index in [0.717, 1.165) is 17.5 Å². The molecule has 0 radical (unpaired) electrons. The molecule has 0 aromatic carbocycles. The zero-order chi connectivity index (χ0) is 9.97. The molecule has 14 heavy (non-hydrogen) atoms. The van der Waals surface area contributed by atoms with Gasteiger partial charge in [-0.3, -0.25) is 0 Å². The Balaban J connectivity index is 1.87. The van der Waals surface area contributed by atoms with Gasteiger partial charge < -0.3 is 15.8 Å². The molecule has 0 unspecified atom stereocenters. The van der Waals surface area contributed by atoms with E-state index < -0.39 is 0 Å². The summed E-state index contributed by atoms with van der Waals surface area (Å²) in [4.78, 5) is 0. The van der Waals surface area contributed by atoms with Crippen LogP contribution in [0.2, 0.25) is 0 Å². The molecule has 1 fully saturated rings. The summed E-state index contributed by atoms with van der Waals surface area (Å²) in [5.74, 6) is 2.11. The lowest BCUT2D eigenvalue weighted by Crippen LogP contribution is -2.02. The summed E-state index contributed by atoms with van der Waals surface area (Å²) >= 11 is 1.36. The fourth-order valence-electron chi connectivity index (χ4n) is 1.40. The van der Waals surface area contributed by atoms with Crippen LogP contribution in [0.4, 0.5) is 10.8 Å². The number of nitrogens with zero attached hydrogens (tertiary/aromatic N) is 1. The second-order valence-corrected chi connectivity index (χ2v) is 4.36. The molecular weight excluding hydrogens is 198 g/mol. The van der Waals surface area contributed by atoms with Crippen LogP contribution >= 0.6 is 11.5 Å². The van der Waals surface area contributed by atoms with E-state index in [0.29, 0.717) is 11.6 Å². The third-order valence-electron chi connectivity index (χ3n) is 2.41. The van der Waals surface area contributed by atoms with Gasteiger partial charge in [-0.2, -0.15) is 4.37 Å². The molecule has 0 spiro atoms. The minimum Gasteiger partial charge on any atom is -0.490 e. The molecule has 1 aromatic rings. The molecule has 1 aliphatic rings. The van der Waals surface area contributed by atoms with E-state index in [1.807, 2.05) is 0 Å². The molecule has 3 N–H and O–H groups in total. The molecule has 1 saturated carbocycles. The van der Waals surface area contributed by atoms with E-state index in [2.05, 4.69) is 9.69 Å². The molecule has 2 rings (SSSR count). The Morgan fingerprint density at radius 2 is 2.43 bits per heavy atom. The molecule has 1 aliphatic carbocycles. The molecular formula is C9H15N3OS. The molecule has 0 saturated heterocycles. The maximum absolute atomic E-state index is 5.63. The van der Waals surface area contributed by atoms with Crippen molar-refractivity contribution in [3.05, 3.63) is 0 Å². The van der Waals surface area contributed by atoms with E-state index in [4.69, 9.17) is 10.5 Å². The summed E-state index contributed by atoms with van der Waals surface area (Å²) < 4.78 is 9.18. The number of hydrogen-bond donors (Lipinski definition) is 2. The number of methoxy groups -OCH3 is 1. The predicted octanol–water partition coefficient (Wildman–Crippen LogP) is 1.95. The van der Waals surface area contributed by atoms with Crippen LogP contribution in [0.3, 0.4) is 0 Å². The highest BCUT2D eigenvalue weighted by Crippen LogP contribution is 2.36. The average Bonchev–Trinajstić information content (AvgIpc) is 2.92. The lowest BCUT2D eigenvalue weighted by molar-refractivity contribution is 0.419. The highest BCUT2D eigenvalue weighted by molar-refractivity contribution is 7.11. The van der Waals surface area contributed by atoms with Crippen molar-refractivity contribution in [1.82, 2.24) is 4.37 Å². The number of rotatable bonds is 5. The molecule has 0 atom stereocenters. The largest absolute Gasteiger partial charge is 0.490 e. The average molecular weight is 213 g/mol. The van der Waals surface area contributed by atoms with Crippen molar-refractivity contribution in [2.24, 2.45) is 5.92 Å². The standard InChI is InChI=1S/C9H15N3OS/c1-13-7-8(10)12-14-9(7)11-5-4-6-2-3-6/h6,11H,2-5H2,1H3,(H2,10,12). The van der Waals surface area contributed by atoms with E-state index in [1.54, 1.807) is 7.11 Å². The minimum absolute atomic E-state index is 0.478. The van der Waals surface area contributed by atoms with Crippen LogP contribution < -0.4 is 15.8 Å². The molecule has 0 amide bonds. The fraction of sp³-hybridized carbons (Fsp3) is 0.667. The van der Waals surface area contributed by atoms with Gasteiger partial charge in [0.25, 0.3) is 0 Å². The van der Waals surface area contributed by atoms with Crippen molar-refractivity contribution in [1.29, 1.82) is 0 Å². The maximum atomic E-state index is 5.63. The zero-order valence-electron chi connectivity index (χ0n) is 8.25. The van der Waals surface area contributed by atoms with Crippen molar-refractivity contribution in [2.75, 3.05) is 24.7 Å². The van der Waals surface area contributed by atoms with Gasteiger partial charge in [-0.1, -0.05) is 12.8 Å². The number of aromatic nitrogens is 1.